The van der Waals surface area contributed by atoms with Crippen molar-refractivity contribution in [3.63, 3.8) is 0 Å². The SMILES string of the molecule is O=C1CCC(N2C(=O)c3ccc(CNCC4CC5(CCOCC5)CN4)cc3C2=O)C(=O)N1. The molecule has 9 nitrogen and oxygen atoms in total. The van der Waals surface area contributed by atoms with E-state index >= 15 is 0 Å². The number of hydrogen-bond acceptors (Lipinski definition) is 7. The highest BCUT2D eigenvalue weighted by molar-refractivity contribution is 6.23. The first-order valence-electron chi connectivity index (χ1n) is 11.3. The van der Waals surface area contributed by atoms with Gasteiger partial charge in [-0.25, -0.2) is 0 Å². The molecule has 5 rings (SSSR count). The monoisotopic (exact) mass is 440 g/mol. The van der Waals surface area contributed by atoms with E-state index in [1.807, 2.05) is 6.07 Å². The lowest BCUT2D eigenvalue weighted by molar-refractivity contribution is -0.136. The molecule has 4 amide bonds. The largest absolute Gasteiger partial charge is 0.381 e. The van der Waals surface area contributed by atoms with Crippen LogP contribution in [0.4, 0.5) is 0 Å². The lowest BCUT2D eigenvalue weighted by Crippen LogP contribution is -2.54. The van der Waals surface area contributed by atoms with Gasteiger partial charge in [0.25, 0.3) is 11.8 Å². The van der Waals surface area contributed by atoms with Crippen molar-refractivity contribution in [1.82, 2.24) is 20.9 Å². The molecular formula is C23H28N4O5. The number of hydrogen-bond donors (Lipinski definition) is 3. The maximum Gasteiger partial charge on any atom is 0.262 e. The van der Waals surface area contributed by atoms with Gasteiger partial charge in [-0.2, -0.15) is 0 Å². The van der Waals surface area contributed by atoms with Crippen molar-refractivity contribution in [3.05, 3.63) is 34.9 Å². The Labute approximate surface area is 186 Å². The Bertz CT molecular complexity index is 971. The summed E-state index contributed by atoms with van der Waals surface area (Å²) in [5, 5.41) is 9.30. The van der Waals surface area contributed by atoms with Gasteiger partial charge in [0.05, 0.1) is 11.1 Å². The van der Waals surface area contributed by atoms with Gasteiger partial charge in [-0.3, -0.25) is 29.4 Å². The van der Waals surface area contributed by atoms with E-state index in [1.54, 1.807) is 12.1 Å². The Kier molecular flexibility index (Phi) is 5.56. The number of fused-ring (bicyclic) bond motifs is 1. The summed E-state index contributed by atoms with van der Waals surface area (Å²) in [5.74, 6) is -1.92. The van der Waals surface area contributed by atoms with Gasteiger partial charge in [-0.1, -0.05) is 6.07 Å². The molecule has 32 heavy (non-hydrogen) atoms. The van der Waals surface area contributed by atoms with Crippen molar-refractivity contribution < 1.29 is 23.9 Å². The van der Waals surface area contributed by atoms with Gasteiger partial charge < -0.3 is 15.4 Å². The number of benzene rings is 1. The molecule has 0 bridgehead atoms. The minimum absolute atomic E-state index is 0.114. The summed E-state index contributed by atoms with van der Waals surface area (Å²) in [6.07, 6.45) is 3.64. The maximum atomic E-state index is 12.9. The molecule has 0 aromatic heterocycles. The molecule has 2 unspecified atom stereocenters. The van der Waals surface area contributed by atoms with Crippen LogP contribution in [0.25, 0.3) is 0 Å². The molecular weight excluding hydrogens is 412 g/mol. The topological polar surface area (TPSA) is 117 Å². The number of nitrogens with zero attached hydrogens (tertiary/aromatic N) is 1. The second kappa shape index (κ2) is 8.38. The molecule has 4 aliphatic heterocycles. The summed E-state index contributed by atoms with van der Waals surface area (Å²) < 4.78 is 5.50. The third-order valence-corrected chi connectivity index (χ3v) is 7.22. The van der Waals surface area contributed by atoms with Crippen LogP contribution < -0.4 is 16.0 Å². The summed E-state index contributed by atoms with van der Waals surface area (Å²) in [6, 6.07) is 4.70. The van der Waals surface area contributed by atoms with Gasteiger partial charge in [0.1, 0.15) is 6.04 Å². The van der Waals surface area contributed by atoms with Crippen LogP contribution in [-0.2, 0) is 20.9 Å². The van der Waals surface area contributed by atoms with Crippen molar-refractivity contribution in [2.24, 2.45) is 5.41 Å². The fraction of sp³-hybridized carbons (Fsp3) is 0.565. The molecule has 3 fully saturated rings. The number of carbonyl (C=O) groups excluding carboxylic acids is 4. The molecule has 1 aromatic rings. The first kappa shape index (κ1) is 21.2. The van der Waals surface area contributed by atoms with E-state index in [4.69, 9.17) is 4.74 Å². The summed E-state index contributed by atoms with van der Waals surface area (Å²) in [6.45, 7) is 4.14. The third-order valence-electron chi connectivity index (χ3n) is 7.22. The van der Waals surface area contributed by atoms with Crippen LogP contribution in [0.2, 0.25) is 0 Å². The number of ether oxygens (including phenoxy) is 1. The van der Waals surface area contributed by atoms with Crippen molar-refractivity contribution in [2.45, 2.75) is 50.7 Å². The molecule has 4 heterocycles. The Morgan fingerprint density at radius 1 is 1.09 bits per heavy atom. The van der Waals surface area contributed by atoms with Crippen LogP contribution in [0, 0.1) is 5.41 Å². The normalized spacial score (nSPS) is 27.2. The van der Waals surface area contributed by atoms with Gasteiger partial charge in [0, 0.05) is 45.3 Å². The average molecular weight is 441 g/mol. The van der Waals surface area contributed by atoms with Gasteiger partial charge in [0.15, 0.2) is 0 Å². The third kappa shape index (κ3) is 3.85. The van der Waals surface area contributed by atoms with Gasteiger partial charge >= 0.3 is 0 Å². The Morgan fingerprint density at radius 3 is 2.66 bits per heavy atom. The zero-order valence-corrected chi connectivity index (χ0v) is 17.9. The molecule has 3 N–H and O–H groups in total. The molecule has 9 heteroatoms. The van der Waals surface area contributed by atoms with Gasteiger partial charge in [-0.15, -0.1) is 0 Å². The van der Waals surface area contributed by atoms with E-state index in [0.717, 1.165) is 56.0 Å². The van der Waals surface area contributed by atoms with E-state index < -0.39 is 23.8 Å². The molecule has 1 aromatic carbocycles. The van der Waals surface area contributed by atoms with Crippen LogP contribution in [0.15, 0.2) is 18.2 Å². The van der Waals surface area contributed by atoms with Crippen LogP contribution in [0.1, 0.15) is 58.4 Å². The van der Waals surface area contributed by atoms with Crippen molar-refractivity contribution in [2.75, 3.05) is 26.3 Å². The smallest absolute Gasteiger partial charge is 0.262 e. The lowest BCUT2D eigenvalue weighted by Gasteiger charge is -2.32. The highest BCUT2D eigenvalue weighted by atomic mass is 16.5. The number of rotatable bonds is 5. The maximum absolute atomic E-state index is 12.9. The fourth-order valence-corrected chi connectivity index (χ4v) is 5.38. The summed E-state index contributed by atoms with van der Waals surface area (Å²) >= 11 is 0. The molecule has 2 atom stereocenters. The minimum atomic E-state index is -0.937. The van der Waals surface area contributed by atoms with E-state index in [9.17, 15) is 19.2 Å². The first-order valence-corrected chi connectivity index (χ1v) is 11.3. The van der Waals surface area contributed by atoms with E-state index in [0.29, 0.717) is 29.1 Å². The van der Waals surface area contributed by atoms with Crippen molar-refractivity contribution in [3.8, 4) is 0 Å². The number of piperidine rings is 1. The van der Waals surface area contributed by atoms with Crippen LogP contribution in [0.5, 0.6) is 0 Å². The molecule has 1 spiro atoms. The summed E-state index contributed by atoms with van der Waals surface area (Å²) in [7, 11) is 0. The predicted octanol–water partition coefficient (Wildman–Crippen LogP) is 0.336. The average Bonchev–Trinajstić information content (AvgIpc) is 3.27. The number of amides is 4. The van der Waals surface area contributed by atoms with E-state index in [2.05, 4.69) is 16.0 Å². The highest BCUT2D eigenvalue weighted by Gasteiger charge is 2.44. The van der Waals surface area contributed by atoms with Crippen molar-refractivity contribution >= 4 is 23.6 Å². The number of carbonyl (C=O) groups is 4. The second-order valence-electron chi connectivity index (χ2n) is 9.35. The standard InChI is InChI=1S/C23H28N4O5/c28-19-4-3-18(20(29)26-19)27-21(30)16-2-1-14(9-17(16)22(27)31)11-24-12-15-10-23(13-25-15)5-7-32-8-6-23/h1-2,9,15,18,24-25H,3-8,10-13H2,(H,26,28,29). The molecule has 3 saturated heterocycles. The molecule has 170 valence electrons. The zero-order valence-electron chi connectivity index (χ0n) is 17.9. The molecule has 0 aliphatic carbocycles. The summed E-state index contributed by atoms with van der Waals surface area (Å²) in [4.78, 5) is 50.3. The van der Waals surface area contributed by atoms with Crippen LogP contribution in [0.3, 0.4) is 0 Å². The highest BCUT2D eigenvalue weighted by Crippen LogP contribution is 2.38. The quantitative estimate of drug-likeness (QED) is 0.565. The lowest BCUT2D eigenvalue weighted by atomic mass is 9.78. The van der Waals surface area contributed by atoms with Crippen LogP contribution in [-0.4, -0.2) is 66.9 Å². The van der Waals surface area contributed by atoms with Crippen LogP contribution >= 0.6 is 0 Å². The summed E-state index contributed by atoms with van der Waals surface area (Å²) in [5.41, 5.74) is 1.90. The molecule has 0 radical (unpaired) electrons. The Hall–Kier alpha value is -2.62. The number of imide groups is 2. The second-order valence-corrected chi connectivity index (χ2v) is 9.35. The van der Waals surface area contributed by atoms with Gasteiger partial charge in [0.2, 0.25) is 11.8 Å². The fourth-order valence-electron chi connectivity index (χ4n) is 5.38. The number of nitrogens with one attached hydrogen (secondary N) is 3. The van der Waals surface area contributed by atoms with E-state index in [1.165, 1.54) is 0 Å². The Balaban J connectivity index is 1.20. The van der Waals surface area contributed by atoms with E-state index in [-0.39, 0.29) is 18.7 Å². The zero-order chi connectivity index (χ0) is 22.3. The minimum Gasteiger partial charge on any atom is -0.381 e. The first-order chi connectivity index (χ1) is 15.5. The van der Waals surface area contributed by atoms with Gasteiger partial charge in [-0.05, 0) is 48.8 Å². The molecule has 4 aliphatic rings. The van der Waals surface area contributed by atoms with Crippen molar-refractivity contribution in [1.29, 1.82) is 0 Å². The molecule has 0 saturated carbocycles. The predicted molar refractivity (Wildman–Crippen MR) is 114 cm³/mol. The Morgan fingerprint density at radius 2 is 1.88 bits per heavy atom.